The summed E-state index contributed by atoms with van der Waals surface area (Å²) in [7, 11) is 0. The van der Waals surface area contributed by atoms with Crippen LogP contribution in [0, 0.1) is 0 Å². The van der Waals surface area contributed by atoms with Gasteiger partial charge in [-0.2, -0.15) is 15.0 Å². The van der Waals surface area contributed by atoms with Crippen LogP contribution in [-0.2, 0) is 0 Å². The van der Waals surface area contributed by atoms with Crippen molar-refractivity contribution in [2.45, 2.75) is 19.3 Å². The molecule has 1 aromatic carbocycles. The number of carbonyl (C=O) groups is 1. The highest BCUT2D eigenvalue weighted by molar-refractivity contribution is 6.31. The first-order valence-electron chi connectivity index (χ1n) is 8.36. The lowest BCUT2D eigenvalue weighted by atomic mass is 10.1. The molecular formula is C17H20ClF2N7O. The van der Waals surface area contributed by atoms with Crippen molar-refractivity contribution in [2.75, 3.05) is 13.2 Å². The highest BCUT2D eigenvalue weighted by Crippen LogP contribution is 2.20. The maximum Gasteiger partial charge on any atom is 0.280 e. The minimum absolute atomic E-state index is 0.0519. The van der Waals surface area contributed by atoms with Crippen LogP contribution in [0.15, 0.2) is 47.4 Å². The normalized spacial score (nSPS) is 12.1. The number of alkyl halides is 2. The number of halogens is 3. The third-order valence-electron chi connectivity index (χ3n) is 3.76. The van der Waals surface area contributed by atoms with Gasteiger partial charge in [0.25, 0.3) is 12.3 Å². The monoisotopic (exact) mass is 411 g/mol. The summed E-state index contributed by atoms with van der Waals surface area (Å²) in [5, 5.41) is 8.44. The van der Waals surface area contributed by atoms with Crippen LogP contribution >= 0.6 is 11.6 Å². The van der Waals surface area contributed by atoms with E-state index in [1.54, 1.807) is 12.1 Å². The molecule has 0 unspecified atom stereocenters. The number of hydrogen-bond donors (Lipinski definition) is 2. The smallest absolute Gasteiger partial charge is 0.280 e. The lowest BCUT2D eigenvalue weighted by molar-refractivity contribution is 0.0758. The van der Waals surface area contributed by atoms with Crippen molar-refractivity contribution in [1.82, 2.24) is 19.9 Å². The Morgan fingerprint density at radius 1 is 1.36 bits per heavy atom. The summed E-state index contributed by atoms with van der Waals surface area (Å²) in [6.45, 7) is 0.205. The molecule has 0 saturated heterocycles. The van der Waals surface area contributed by atoms with Gasteiger partial charge < -0.3 is 16.4 Å². The zero-order chi connectivity index (χ0) is 20.5. The Bertz CT molecular complexity index is 840. The maximum absolute atomic E-state index is 12.9. The third kappa shape index (κ3) is 5.57. The van der Waals surface area contributed by atoms with Crippen molar-refractivity contribution in [3.63, 3.8) is 0 Å². The molecule has 0 spiro atoms. The summed E-state index contributed by atoms with van der Waals surface area (Å²) in [6, 6.07) is 4.77. The van der Waals surface area contributed by atoms with Crippen LogP contribution in [0.25, 0.3) is 5.69 Å². The topological polar surface area (TPSA) is 115 Å². The number of hydrogen-bond acceptors (Lipinski definition) is 5. The first kappa shape index (κ1) is 21.5. The van der Waals surface area contributed by atoms with Crippen LogP contribution in [0.3, 0.4) is 0 Å². The highest BCUT2D eigenvalue weighted by Gasteiger charge is 2.20. The van der Waals surface area contributed by atoms with Crippen molar-refractivity contribution >= 4 is 23.8 Å². The lowest BCUT2D eigenvalue weighted by Crippen LogP contribution is -2.37. The molecule has 4 N–H and O–H groups in total. The van der Waals surface area contributed by atoms with Gasteiger partial charge in [-0.1, -0.05) is 17.7 Å². The summed E-state index contributed by atoms with van der Waals surface area (Å²) in [5.74, 6) is -0.365. The molecule has 0 bridgehead atoms. The molecule has 2 rings (SSSR count). The summed E-state index contributed by atoms with van der Waals surface area (Å²) in [5.41, 5.74) is 11.1. The second-order valence-corrected chi connectivity index (χ2v) is 6.02. The van der Waals surface area contributed by atoms with Gasteiger partial charge in [0, 0.05) is 11.6 Å². The van der Waals surface area contributed by atoms with E-state index in [2.05, 4.69) is 15.2 Å². The van der Waals surface area contributed by atoms with Gasteiger partial charge in [0.15, 0.2) is 0 Å². The van der Waals surface area contributed by atoms with Crippen molar-refractivity contribution < 1.29 is 13.6 Å². The van der Waals surface area contributed by atoms with Gasteiger partial charge in [0.2, 0.25) is 0 Å². The second-order valence-electron chi connectivity index (χ2n) is 5.58. The Labute approximate surface area is 165 Å². The molecule has 0 aliphatic carbocycles. The average Bonchev–Trinajstić information content (AvgIpc) is 3.21. The molecular weight excluding hydrogens is 392 g/mol. The number of nitrogens with zero attached hydrogens (tertiary/aromatic N) is 5. The van der Waals surface area contributed by atoms with E-state index in [9.17, 15) is 13.6 Å². The van der Waals surface area contributed by atoms with E-state index < -0.39 is 12.1 Å². The van der Waals surface area contributed by atoms with E-state index >= 15 is 0 Å². The molecule has 8 nitrogen and oxygen atoms in total. The molecule has 0 radical (unpaired) electrons. The minimum atomic E-state index is -2.72. The van der Waals surface area contributed by atoms with Crippen molar-refractivity contribution in [3.8, 4) is 5.69 Å². The second kappa shape index (κ2) is 10.5. The fourth-order valence-corrected chi connectivity index (χ4v) is 2.63. The number of aromatic nitrogens is 3. The first-order valence-corrected chi connectivity index (χ1v) is 8.73. The summed E-state index contributed by atoms with van der Waals surface area (Å²) < 4.78 is 25.5. The number of nitrogens with two attached hydrogens (primary N) is 2. The summed E-state index contributed by atoms with van der Waals surface area (Å²) >= 11 is 6.04. The molecule has 0 aliphatic heterocycles. The van der Waals surface area contributed by atoms with Crippen LogP contribution < -0.4 is 11.5 Å². The molecule has 11 heteroatoms. The summed E-state index contributed by atoms with van der Waals surface area (Å²) in [6.07, 6.45) is 3.05. The van der Waals surface area contributed by atoms with Crippen LogP contribution in [0.1, 0.15) is 23.2 Å². The lowest BCUT2D eigenvalue weighted by Gasteiger charge is -2.21. The zero-order valence-electron chi connectivity index (χ0n) is 14.9. The molecule has 2 aromatic rings. The Morgan fingerprint density at radius 3 is 2.68 bits per heavy atom. The van der Waals surface area contributed by atoms with Crippen LogP contribution in [0.2, 0.25) is 5.02 Å². The number of benzene rings is 1. The van der Waals surface area contributed by atoms with Crippen molar-refractivity contribution in [2.24, 2.45) is 16.5 Å². The number of carbonyl (C=O) groups excluding carboxylic acids is 1. The Balaban J connectivity index is 2.12. The van der Waals surface area contributed by atoms with E-state index in [1.807, 2.05) is 0 Å². The Kier molecular flexibility index (Phi) is 8.02. The molecule has 0 aliphatic rings. The minimum Gasteiger partial charge on any atom is -0.390 e. The van der Waals surface area contributed by atoms with Crippen molar-refractivity contribution in [1.29, 1.82) is 0 Å². The SMILES string of the molecule is NC=N/C(=C\CCCN(CN)C(=O)c1cc(Cl)ccc1-n1nccn1)C(F)F. The number of amides is 1. The predicted octanol–water partition coefficient (Wildman–Crippen LogP) is 2.20. The van der Waals surface area contributed by atoms with E-state index in [1.165, 1.54) is 34.2 Å². The molecule has 0 saturated carbocycles. The largest absolute Gasteiger partial charge is 0.390 e. The molecule has 0 fully saturated rings. The fraction of sp³-hybridized carbons (Fsp3) is 0.294. The van der Waals surface area contributed by atoms with Gasteiger partial charge in [-0.05, 0) is 31.0 Å². The number of aliphatic imine (C=N–C) groups is 1. The van der Waals surface area contributed by atoms with E-state index in [0.717, 1.165) is 6.34 Å². The number of rotatable bonds is 9. The predicted molar refractivity (Wildman–Crippen MR) is 102 cm³/mol. The highest BCUT2D eigenvalue weighted by atomic mass is 35.5. The van der Waals surface area contributed by atoms with Gasteiger partial charge >= 0.3 is 0 Å². The standard InChI is InChI=1S/C17H20ClF2N7O/c18-12-4-5-15(27-24-6-7-25-27)13(9-12)17(28)26(11-22)8-2-1-3-14(16(19)20)23-10-21/h3-7,9-10,16H,1-2,8,11,22H2,(H2,21,23)/b14-3-. The van der Waals surface area contributed by atoms with Crippen LogP contribution in [0.4, 0.5) is 8.78 Å². The molecule has 150 valence electrons. The molecule has 28 heavy (non-hydrogen) atoms. The van der Waals surface area contributed by atoms with Gasteiger partial charge in [-0.25, -0.2) is 13.8 Å². The van der Waals surface area contributed by atoms with Gasteiger partial charge in [-0.3, -0.25) is 4.79 Å². The maximum atomic E-state index is 12.9. The van der Waals surface area contributed by atoms with Gasteiger partial charge in [0.05, 0.1) is 36.7 Å². The van der Waals surface area contributed by atoms with E-state index in [4.69, 9.17) is 23.1 Å². The van der Waals surface area contributed by atoms with Crippen molar-refractivity contribution in [3.05, 3.63) is 53.0 Å². The molecule has 0 atom stereocenters. The van der Waals surface area contributed by atoms with Crippen LogP contribution in [0.5, 0.6) is 0 Å². The molecule has 1 heterocycles. The molecule has 1 aromatic heterocycles. The Hall–Kier alpha value is -2.85. The third-order valence-corrected chi connectivity index (χ3v) is 4.00. The van der Waals surface area contributed by atoms with Gasteiger partial charge in [0.1, 0.15) is 5.70 Å². The quantitative estimate of drug-likeness (QED) is 0.284. The molecule has 1 amide bonds. The zero-order valence-corrected chi connectivity index (χ0v) is 15.6. The number of allylic oxidation sites excluding steroid dienone is 2. The Morgan fingerprint density at radius 2 is 2.07 bits per heavy atom. The first-order chi connectivity index (χ1) is 13.5. The summed E-state index contributed by atoms with van der Waals surface area (Å²) in [4.78, 5) is 19.0. The number of unbranched alkanes of at least 4 members (excludes halogenated alkanes) is 1. The van der Waals surface area contributed by atoms with E-state index in [-0.39, 0.29) is 31.1 Å². The van der Waals surface area contributed by atoms with Gasteiger partial charge in [-0.15, -0.1) is 0 Å². The van der Waals surface area contributed by atoms with E-state index in [0.29, 0.717) is 17.1 Å². The fourth-order valence-electron chi connectivity index (χ4n) is 2.46. The average molecular weight is 412 g/mol. The van der Waals surface area contributed by atoms with Crippen LogP contribution in [-0.4, -0.2) is 51.8 Å².